The van der Waals surface area contributed by atoms with Gasteiger partial charge in [0.25, 0.3) is 0 Å². The first-order chi connectivity index (χ1) is 8.74. The largest absolute Gasteiger partial charge is 0.465 e. The van der Waals surface area contributed by atoms with Crippen molar-refractivity contribution in [3.05, 3.63) is 35.8 Å². The van der Waals surface area contributed by atoms with Gasteiger partial charge in [-0.2, -0.15) is 0 Å². The Morgan fingerprint density at radius 3 is 2.89 bits per heavy atom. The van der Waals surface area contributed by atoms with E-state index in [1.807, 2.05) is 16.7 Å². The molecule has 0 aromatic carbocycles. The van der Waals surface area contributed by atoms with Gasteiger partial charge in [0.1, 0.15) is 5.65 Å². The summed E-state index contributed by atoms with van der Waals surface area (Å²) in [5.74, 6) is -0.321. The van der Waals surface area contributed by atoms with Gasteiger partial charge < -0.3 is 9.14 Å². The van der Waals surface area contributed by atoms with Crippen LogP contribution < -0.4 is 0 Å². The number of aromatic nitrogens is 2. The number of unbranched alkanes of at least 4 members (excludes halogenated alkanes) is 2. The molecule has 4 nitrogen and oxygen atoms in total. The van der Waals surface area contributed by atoms with Crippen molar-refractivity contribution in [3.63, 3.8) is 0 Å². The molecular formula is C14H18N2O2. The van der Waals surface area contributed by atoms with Crippen molar-refractivity contribution in [3.8, 4) is 0 Å². The highest BCUT2D eigenvalue weighted by Crippen LogP contribution is 2.11. The Labute approximate surface area is 107 Å². The second-order valence-electron chi connectivity index (χ2n) is 4.36. The van der Waals surface area contributed by atoms with Gasteiger partial charge >= 0.3 is 5.97 Å². The average Bonchev–Trinajstić information content (AvgIpc) is 2.79. The highest BCUT2D eigenvalue weighted by molar-refractivity contribution is 5.89. The van der Waals surface area contributed by atoms with E-state index < -0.39 is 0 Å². The molecule has 0 amide bonds. The molecular weight excluding hydrogens is 228 g/mol. The number of imidazole rings is 1. The monoisotopic (exact) mass is 246 g/mol. The van der Waals surface area contributed by atoms with Crippen molar-refractivity contribution in [2.45, 2.75) is 32.6 Å². The zero-order valence-electron chi connectivity index (χ0n) is 10.8. The number of hydrogen-bond donors (Lipinski definition) is 0. The van der Waals surface area contributed by atoms with Crippen LogP contribution in [0.3, 0.4) is 0 Å². The first-order valence-corrected chi connectivity index (χ1v) is 6.30. The topological polar surface area (TPSA) is 43.6 Å². The smallest absolute Gasteiger partial charge is 0.339 e. The lowest BCUT2D eigenvalue weighted by Crippen LogP contribution is -2.02. The molecule has 2 aromatic heterocycles. The Morgan fingerprint density at radius 1 is 1.33 bits per heavy atom. The molecule has 0 fully saturated rings. The fourth-order valence-corrected chi connectivity index (χ4v) is 1.96. The molecule has 0 atom stereocenters. The number of carbonyl (C=O) groups excluding carboxylic acids is 1. The van der Waals surface area contributed by atoms with E-state index in [4.69, 9.17) is 4.74 Å². The highest BCUT2D eigenvalue weighted by atomic mass is 16.5. The summed E-state index contributed by atoms with van der Waals surface area (Å²) in [6.07, 6.45) is 8.32. The minimum Gasteiger partial charge on any atom is -0.465 e. The molecule has 96 valence electrons. The molecule has 0 unspecified atom stereocenters. The van der Waals surface area contributed by atoms with E-state index >= 15 is 0 Å². The molecule has 0 saturated heterocycles. The van der Waals surface area contributed by atoms with E-state index in [0.29, 0.717) is 5.56 Å². The fourth-order valence-electron chi connectivity index (χ4n) is 1.96. The number of nitrogens with zero attached hydrogens (tertiary/aromatic N) is 2. The van der Waals surface area contributed by atoms with E-state index in [9.17, 15) is 4.79 Å². The third-order valence-corrected chi connectivity index (χ3v) is 2.96. The van der Waals surface area contributed by atoms with Crippen molar-refractivity contribution < 1.29 is 9.53 Å². The standard InChI is InChI=1S/C14H18N2O2/c1-3-4-5-6-12-10-16-9-11(14(17)18-2)7-8-13(16)15-12/h7-10H,3-6H2,1-2H3. The fraction of sp³-hybridized carbons (Fsp3) is 0.429. The molecule has 2 aromatic rings. The first kappa shape index (κ1) is 12.6. The molecule has 0 aliphatic heterocycles. The van der Waals surface area contributed by atoms with Crippen molar-refractivity contribution >= 4 is 11.6 Å². The Hall–Kier alpha value is -1.84. The van der Waals surface area contributed by atoms with Gasteiger partial charge in [-0.1, -0.05) is 19.8 Å². The lowest BCUT2D eigenvalue weighted by atomic mass is 10.2. The van der Waals surface area contributed by atoms with Crippen LogP contribution in [0.4, 0.5) is 0 Å². The van der Waals surface area contributed by atoms with Crippen LogP contribution >= 0.6 is 0 Å². The Kier molecular flexibility index (Phi) is 3.97. The van der Waals surface area contributed by atoms with Gasteiger partial charge in [-0.3, -0.25) is 0 Å². The van der Waals surface area contributed by atoms with E-state index in [-0.39, 0.29) is 5.97 Å². The summed E-state index contributed by atoms with van der Waals surface area (Å²) >= 11 is 0. The van der Waals surface area contributed by atoms with Gasteiger partial charge in [0.05, 0.1) is 18.4 Å². The minimum atomic E-state index is -0.321. The van der Waals surface area contributed by atoms with Crippen LogP contribution in [0.25, 0.3) is 5.65 Å². The van der Waals surface area contributed by atoms with Crippen molar-refractivity contribution in [1.82, 2.24) is 9.38 Å². The number of aryl methyl sites for hydroxylation is 1. The number of pyridine rings is 1. The SMILES string of the molecule is CCCCCc1cn2cc(C(=O)OC)ccc2n1. The van der Waals surface area contributed by atoms with Gasteiger partial charge in [0.2, 0.25) is 0 Å². The third-order valence-electron chi connectivity index (χ3n) is 2.96. The summed E-state index contributed by atoms with van der Waals surface area (Å²) in [4.78, 5) is 15.9. The van der Waals surface area contributed by atoms with Gasteiger partial charge in [-0.15, -0.1) is 0 Å². The van der Waals surface area contributed by atoms with E-state index in [1.165, 1.54) is 20.0 Å². The van der Waals surface area contributed by atoms with Crippen LogP contribution in [-0.4, -0.2) is 22.5 Å². The molecule has 0 bridgehead atoms. The van der Waals surface area contributed by atoms with Gasteiger partial charge in [0, 0.05) is 12.4 Å². The molecule has 0 spiro atoms. The summed E-state index contributed by atoms with van der Waals surface area (Å²) in [6.45, 7) is 2.19. The number of esters is 1. The van der Waals surface area contributed by atoms with E-state index in [2.05, 4.69) is 11.9 Å². The van der Waals surface area contributed by atoms with E-state index in [0.717, 1.165) is 24.2 Å². The van der Waals surface area contributed by atoms with Crippen molar-refractivity contribution in [2.75, 3.05) is 7.11 Å². The number of hydrogen-bond acceptors (Lipinski definition) is 3. The van der Waals surface area contributed by atoms with Crippen LogP contribution in [0.2, 0.25) is 0 Å². The third kappa shape index (κ3) is 2.70. The highest BCUT2D eigenvalue weighted by Gasteiger charge is 2.07. The molecule has 0 radical (unpaired) electrons. The summed E-state index contributed by atoms with van der Waals surface area (Å²) in [5.41, 5.74) is 2.49. The molecule has 0 saturated carbocycles. The molecule has 0 N–H and O–H groups in total. The Balaban J connectivity index is 2.20. The van der Waals surface area contributed by atoms with Gasteiger partial charge in [-0.05, 0) is 25.0 Å². The predicted molar refractivity (Wildman–Crippen MR) is 69.8 cm³/mol. The molecule has 18 heavy (non-hydrogen) atoms. The van der Waals surface area contributed by atoms with Crippen LogP contribution in [0, 0.1) is 0 Å². The molecule has 2 rings (SSSR count). The quantitative estimate of drug-likeness (QED) is 0.602. The first-order valence-electron chi connectivity index (χ1n) is 6.30. The van der Waals surface area contributed by atoms with Crippen LogP contribution in [0.1, 0.15) is 42.2 Å². The number of rotatable bonds is 5. The summed E-state index contributed by atoms with van der Waals surface area (Å²) < 4.78 is 6.58. The summed E-state index contributed by atoms with van der Waals surface area (Å²) in [5, 5.41) is 0. The molecule has 2 heterocycles. The number of methoxy groups -OCH3 is 1. The zero-order valence-corrected chi connectivity index (χ0v) is 10.8. The van der Waals surface area contributed by atoms with E-state index in [1.54, 1.807) is 12.3 Å². The number of carbonyl (C=O) groups is 1. The average molecular weight is 246 g/mol. The van der Waals surface area contributed by atoms with Crippen LogP contribution in [-0.2, 0) is 11.2 Å². The predicted octanol–water partition coefficient (Wildman–Crippen LogP) is 2.85. The summed E-state index contributed by atoms with van der Waals surface area (Å²) in [7, 11) is 1.39. The molecule has 4 heteroatoms. The van der Waals surface area contributed by atoms with Crippen molar-refractivity contribution in [2.24, 2.45) is 0 Å². The second-order valence-corrected chi connectivity index (χ2v) is 4.36. The maximum atomic E-state index is 11.4. The van der Waals surface area contributed by atoms with Crippen LogP contribution in [0.5, 0.6) is 0 Å². The summed E-state index contributed by atoms with van der Waals surface area (Å²) in [6, 6.07) is 3.58. The Morgan fingerprint density at radius 2 is 2.17 bits per heavy atom. The molecule has 0 aliphatic rings. The van der Waals surface area contributed by atoms with Crippen LogP contribution in [0.15, 0.2) is 24.5 Å². The maximum Gasteiger partial charge on any atom is 0.339 e. The number of ether oxygens (including phenoxy) is 1. The van der Waals surface area contributed by atoms with Gasteiger partial charge in [0.15, 0.2) is 0 Å². The Bertz CT molecular complexity index is 546. The van der Waals surface area contributed by atoms with Crippen molar-refractivity contribution in [1.29, 1.82) is 0 Å². The van der Waals surface area contributed by atoms with Gasteiger partial charge in [-0.25, -0.2) is 9.78 Å². The number of fused-ring (bicyclic) bond motifs is 1. The lowest BCUT2D eigenvalue weighted by molar-refractivity contribution is 0.0600. The molecule has 0 aliphatic carbocycles. The second kappa shape index (κ2) is 5.67. The lowest BCUT2D eigenvalue weighted by Gasteiger charge is -1.99. The maximum absolute atomic E-state index is 11.4. The minimum absolute atomic E-state index is 0.321. The normalized spacial score (nSPS) is 10.8. The zero-order chi connectivity index (χ0) is 13.0.